The van der Waals surface area contributed by atoms with Crippen molar-refractivity contribution < 1.29 is 14.3 Å². The molecule has 0 radical (unpaired) electrons. The largest absolute Gasteiger partial charge is 0.497 e. The summed E-state index contributed by atoms with van der Waals surface area (Å²) in [6, 6.07) is 16.3. The number of amides is 1. The molecule has 0 unspecified atom stereocenters. The lowest BCUT2D eigenvalue weighted by molar-refractivity contribution is -0.121. The topological polar surface area (TPSA) is 65.4 Å². The third-order valence-electron chi connectivity index (χ3n) is 7.11. The fourth-order valence-electron chi connectivity index (χ4n) is 4.78. The van der Waals surface area contributed by atoms with E-state index in [0.29, 0.717) is 6.42 Å². The summed E-state index contributed by atoms with van der Waals surface area (Å²) in [4.78, 5) is 17.3. The van der Waals surface area contributed by atoms with Gasteiger partial charge in [0.2, 0.25) is 5.91 Å². The van der Waals surface area contributed by atoms with Crippen molar-refractivity contribution in [2.45, 2.75) is 89.8 Å². The van der Waals surface area contributed by atoms with E-state index in [9.17, 15) is 4.79 Å². The number of unbranched alkanes of at least 4 members (excludes halogenated alkanes) is 7. The maximum atomic E-state index is 12.2. The van der Waals surface area contributed by atoms with Crippen LogP contribution in [-0.2, 0) is 11.3 Å². The van der Waals surface area contributed by atoms with Crippen LogP contribution in [0.3, 0.4) is 0 Å². The van der Waals surface area contributed by atoms with Crippen LogP contribution in [0.25, 0.3) is 22.5 Å². The quantitative estimate of drug-likeness (QED) is 0.117. The van der Waals surface area contributed by atoms with Crippen LogP contribution in [0.4, 0.5) is 0 Å². The Balaban J connectivity index is 1.56. The summed E-state index contributed by atoms with van der Waals surface area (Å²) in [5, 5.41) is 4.12. The van der Waals surface area contributed by atoms with Crippen LogP contribution in [0.1, 0.15) is 78.1 Å². The predicted molar refractivity (Wildman–Crippen MR) is 167 cm³/mol. The number of hydrogen-bond donors (Lipinski definition) is 1. The minimum atomic E-state index is 0.191. The molecule has 0 aliphatic heterocycles. The first-order valence-electron chi connectivity index (χ1n) is 14.9. The summed E-state index contributed by atoms with van der Waals surface area (Å²) in [6.45, 7) is 5.97. The fourth-order valence-corrected chi connectivity index (χ4v) is 5.84. The Morgan fingerprint density at radius 2 is 1.40 bits per heavy atom. The van der Waals surface area contributed by atoms with Gasteiger partial charge in [-0.3, -0.25) is 4.79 Å². The third kappa shape index (κ3) is 9.61. The molecule has 0 saturated carbocycles. The number of nitrogens with zero attached hydrogens (tertiary/aromatic N) is 2. The van der Waals surface area contributed by atoms with E-state index in [4.69, 9.17) is 14.5 Å². The van der Waals surface area contributed by atoms with Gasteiger partial charge in [0.1, 0.15) is 11.5 Å². The molecule has 1 aromatic heterocycles. The third-order valence-corrected chi connectivity index (χ3v) is 8.17. The van der Waals surface area contributed by atoms with E-state index < -0.39 is 0 Å². The zero-order valence-corrected chi connectivity index (χ0v) is 25.7. The summed E-state index contributed by atoms with van der Waals surface area (Å²) in [5.74, 6) is 2.81. The first kappa shape index (κ1) is 31.6. The van der Waals surface area contributed by atoms with Gasteiger partial charge >= 0.3 is 0 Å². The van der Waals surface area contributed by atoms with Crippen molar-refractivity contribution in [1.82, 2.24) is 14.9 Å². The van der Waals surface area contributed by atoms with Crippen molar-refractivity contribution in [2.75, 3.05) is 26.5 Å². The highest BCUT2D eigenvalue weighted by Gasteiger charge is 2.20. The van der Waals surface area contributed by atoms with Gasteiger partial charge in [0.05, 0.1) is 25.6 Å². The first-order valence-corrected chi connectivity index (χ1v) is 15.9. The van der Waals surface area contributed by atoms with Crippen LogP contribution in [0.15, 0.2) is 53.7 Å². The van der Waals surface area contributed by atoms with E-state index >= 15 is 0 Å². The maximum absolute atomic E-state index is 12.2. The lowest BCUT2D eigenvalue weighted by Crippen LogP contribution is -2.24. The number of carbonyl (C=O) groups excluding carboxylic acids is 1. The van der Waals surface area contributed by atoms with E-state index in [1.807, 2.05) is 24.3 Å². The Labute approximate surface area is 245 Å². The highest BCUT2D eigenvalue weighted by atomic mass is 32.2. The second-order valence-corrected chi connectivity index (χ2v) is 11.1. The van der Waals surface area contributed by atoms with Gasteiger partial charge in [0.25, 0.3) is 0 Å². The normalized spacial score (nSPS) is 11.0. The van der Waals surface area contributed by atoms with Gasteiger partial charge in [0, 0.05) is 36.4 Å². The molecule has 7 heteroatoms. The summed E-state index contributed by atoms with van der Waals surface area (Å²) < 4.78 is 13.0. The van der Waals surface area contributed by atoms with Gasteiger partial charge in [0.15, 0.2) is 5.16 Å². The van der Waals surface area contributed by atoms with Gasteiger partial charge in [-0.1, -0.05) is 57.2 Å². The van der Waals surface area contributed by atoms with Gasteiger partial charge in [-0.05, 0) is 74.7 Å². The molecule has 3 rings (SSSR count). The minimum absolute atomic E-state index is 0.191. The SMILES string of the molecule is CCCCCCCCCC(=O)NCCCCSc1nc(-c2ccc(OC)cc2)c(-c2ccc(OC)cc2)n1CC. The standard InChI is InChI=1S/C33H47N3O3S/c1-5-7-8-9-10-11-12-15-30(37)34-24-13-14-25-40-33-35-31(26-16-20-28(38-3)21-17-26)32(36(33)6-2)27-18-22-29(39-4)23-19-27/h16-23H,5-15,24-25H2,1-4H3,(H,34,37). The molecule has 1 amide bonds. The zero-order chi connectivity index (χ0) is 28.6. The van der Waals surface area contributed by atoms with Crippen molar-refractivity contribution >= 4 is 17.7 Å². The van der Waals surface area contributed by atoms with Crippen LogP contribution in [0.2, 0.25) is 0 Å². The fraction of sp³-hybridized carbons (Fsp3) is 0.515. The molecule has 0 saturated heterocycles. The monoisotopic (exact) mass is 565 g/mol. The van der Waals surface area contributed by atoms with Gasteiger partial charge in [-0.15, -0.1) is 0 Å². The Hall–Kier alpha value is -2.93. The molecule has 218 valence electrons. The van der Waals surface area contributed by atoms with E-state index in [2.05, 4.69) is 48.0 Å². The van der Waals surface area contributed by atoms with Crippen molar-refractivity contribution in [1.29, 1.82) is 0 Å². The van der Waals surface area contributed by atoms with Crippen molar-refractivity contribution in [3.8, 4) is 34.0 Å². The molecule has 40 heavy (non-hydrogen) atoms. The molecule has 3 aromatic rings. The van der Waals surface area contributed by atoms with Crippen LogP contribution in [-0.4, -0.2) is 42.0 Å². The summed E-state index contributed by atoms with van der Waals surface area (Å²) >= 11 is 1.78. The van der Waals surface area contributed by atoms with E-state index in [1.54, 1.807) is 26.0 Å². The van der Waals surface area contributed by atoms with E-state index in [0.717, 1.165) is 83.7 Å². The second kappa shape index (κ2) is 17.7. The zero-order valence-electron chi connectivity index (χ0n) is 24.8. The number of carbonyl (C=O) groups is 1. The predicted octanol–water partition coefficient (Wildman–Crippen LogP) is 8.38. The lowest BCUT2D eigenvalue weighted by Gasteiger charge is -2.12. The Bertz CT molecular complexity index is 1140. The lowest BCUT2D eigenvalue weighted by atomic mass is 10.0. The summed E-state index contributed by atoms with van der Waals surface area (Å²) in [7, 11) is 3.37. The number of rotatable bonds is 19. The smallest absolute Gasteiger partial charge is 0.219 e. The van der Waals surface area contributed by atoms with Crippen LogP contribution >= 0.6 is 11.8 Å². The highest BCUT2D eigenvalue weighted by molar-refractivity contribution is 7.99. The van der Waals surface area contributed by atoms with Gasteiger partial charge in [-0.2, -0.15) is 0 Å². The molecule has 0 aliphatic carbocycles. The Kier molecular flexibility index (Phi) is 14.0. The van der Waals surface area contributed by atoms with Crippen molar-refractivity contribution in [3.63, 3.8) is 0 Å². The molecule has 0 fully saturated rings. The number of imidazole rings is 1. The Morgan fingerprint density at radius 1 is 0.800 bits per heavy atom. The Morgan fingerprint density at radius 3 is 2.00 bits per heavy atom. The summed E-state index contributed by atoms with van der Waals surface area (Å²) in [6.07, 6.45) is 11.3. The molecule has 1 heterocycles. The number of thioether (sulfide) groups is 1. The minimum Gasteiger partial charge on any atom is -0.497 e. The first-order chi connectivity index (χ1) is 19.6. The number of nitrogens with one attached hydrogen (secondary N) is 1. The number of hydrogen-bond acceptors (Lipinski definition) is 5. The number of benzene rings is 2. The molecular weight excluding hydrogens is 518 g/mol. The average Bonchev–Trinajstić information content (AvgIpc) is 3.36. The molecule has 1 N–H and O–H groups in total. The second-order valence-electron chi connectivity index (χ2n) is 10.1. The van der Waals surface area contributed by atoms with Gasteiger partial charge in [-0.25, -0.2) is 4.98 Å². The van der Waals surface area contributed by atoms with Gasteiger partial charge < -0.3 is 19.4 Å². The van der Waals surface area contributed by atoms with Crippen LogP contribution in [0.5, 0.6) is 11.5 Å². The highest BCUT2D eigenvalue weighted by Crippen LogP contribution is 2.37. The molecule has 0 bridgehead atoms. The van der Waals surface area contributed by atoms with E-state index in [1.165, 1.54) is 32.1 Å². The number of ether oxygens (including phenoxy) is 2. The summed E-state index contributed by atoms with van der Waals surface area (Å²) in [5.41, 5.74) is 4.24. The van der Waals surface area contributed by atoms with Crippen molar-refractivity contribution in [3.05, 3.63) is 48.5 Å². The number of aromatic nitrogens is 2. The van der Waals surface area contributed by atoms with Crippen LogP contribution in [0, 0.1) is 0 Å². The molecule has 0 aliphatic rings. The van der Waals surface area contributed by atoms with Crippen LogP contribution < -0.4 is 14.8 Å². The molecule has 0 spiro atoms. The number of methoxy groups -OCH3 is 2. The molecule has 0 atom stereocenters. The maximum Gasteiger partial charge on any atom is 0.219 e. The molecule has 6 nitrogen and oxygen atoms in total. The van der Waals surface area contributed by atoms with Crippen molar-refractivity contribution in [2.24, 2.45) is 0 Å². The molecular formula is C33H47N3O3S. The average molecular weight is 566 g/mol. The molecule has 2 aromatic carbocycles. The van der Waals surface area contributed by atoms with E-state index in [-0.39, 0.29) is 5.91 Å².